The Bertz CT molecular complexity index is 1640. The van der Waals surface area contributed by atoms with Gasteiger partial charge in [-0.15, -0.1) is 0 Å². The molecule has 0 bridgehead atoms. The summed E-state index contributed by atoms with van der Waals surface area (Å²) < 4.78 is 58.5. The molecule has 0 aromatic heterocycles. The average Bonchev–Trinajstić information content (AvgIpc) is 3.76. The highest BCUT2D eigenvalue weighted by atomic mass is 19.4. The van der Waals surface area contributed by atoms with Crippen LogP contribution in [-0.2, 0) is 20.4 Å². The Kier molecular flexibility index (Phi) is 10.9. The van der Waals surface area contributed by atoms with Gasteiger partial charge in [0.1, 0.15) is 5.75 Å². The lowest BCUT2D eigenvalue weighted by atomic mass is 9.83. The lowest BCUT2D eigenvalue weighted by Crippen LogP contribution is -2.40. The van der Waals surface area contributed by atoms with E-state index >= 15 is 0 Å². The number of hydrogen-bond acceptors (Lipinski definition) is 6. The number of benzene rings is 3. The molecule has 3 aliphatic rings. The summed E-state index contributed by atoms with van der Waals surface area (Å²) in [5.74, 6) is -1.09. The molecule has 11 heteroatoms. The van der Waals surface area contributed by atoms with Crippen LogP contribution in [0, 0.1) is 11.8 Å². The van der Waals surface area contributed by atoms with Gasteiger partial charge in [0.15, 0.2) is 0 Å². The third-order valence-corrected chi connectivity index (χ3v) is 11.1. The highest BCUT2D eigenvalue weighted by Gasteiger charge is 2.46. The van der Waals surface area contributed by atoms with Crippen LogP contribution in [0.4, 0.5) is 13.2 Å². The number of methoxy groups -OCH3 is 3. The van der Waals surface area contributed by atoms with Gasteiger partial charge in [0.25, 0.3) is 0 Å². The first-order valence-electron chi connectivity index (χ1n) is 17.2. The van der Waals surface area contributed by atoms with Crippen molar-refractivity contribution >= 4 is 11.9 Å². The van der Waals surface area contributed by atoms with Crippen LogP contribution in [0.15, 0.2) is 66.7 Å². The predicted octanol–water partition coefficient (Wildman–Crippen LogP) is 6.94. The van der Waals surface area contributed by atoms with E-state index in [-0.39, 0.29) is 41.2 Å². The Labute approximate surface area is 291 Å². The number of carboxylic acid groups (broad SMARTS) is 1. The number of alkyl halides is 3. The van der Waals surface area contributed by atoms with Crippen LogP contribution in [0.5, 0.6) is 5.75 Å². The Morgan fingerprint density at radius 3 is 2.14 bits per heavy atom. The van der Waals surface area contributed by atoms with Crippen molar-refractivity contribution in [1.29, 1.82) is 0 Å². The van der Waals surface area contributed by atoms with E-state index in [4.69, 9.17) is 14.2 Å². The zero-order valence-corrected chi connectivity index (χ0v) is 28.7. The Morgan fingerprint density at radius 1 is 0.840 bits per heavy atom. The molecule has 6 rings (SSSR count). The molecule has 8 nitrogen and oxygen atoms in total. The van der Waals surface area contributed by atoms with Crippen LogP contribution in [-0.4, -0.2) is 93.0 Å². The third-order valence-electron chi connectivity index (χ3n) is 11.1. The fourth-order valence-corrected chi connectivity index (χ4v) is 8.34. The van der Waals surface area contributed by atoms with Crippen molar-refractivity contribution in [3.63, 3.8) is 0 Å². The molecule has 1 N–H and O–H groups in total. The molecule has 1 aliphatic carbocycles. The number of nitrogens with zero attached hydrogens (tertiary/aromatic N) is 2. The van der Waals surface area contributed by atoms with E-state index in [1.165, 1.54) is 30.3 Å². The standard InChI is InChI=1S/C39H45F3N2O6/c1-48-23-27-19-44(21-35(27)32-17-10-28(39(40,41)42)18-33(32)24-4-6-26(7-5-24)38(46)47)37(45)36-22-43(29-11-15-31(50-3)16-12-29)20-34(36)25-8-13-30(49-2)14-9-25/h4-10,13-14,17-18,27,29,31,34-36H,11-12,15-16,19-23H2,1-3H3,(H,46,47)/t27-,29-,31-,34+,35+,36-/m1/s1. The van der Waals surface area contributed by atoms with E-state index in [9.17, 15) is 27.9 Å². The number of ether oxygens (including phenoxy) is 3. The number of rotatable bonds is 10. The van der Waals surface area contributed by atoms with E-state index in [2.05, 4.69) is 4.90 Å². The highest BCUT2D eigenvalue weighted by molar-refractivity contribution is 5.88. The number of carbonyl (C=O) groups is 2. The van der Waals surface area contributed by atoms with Crippen LogP contribution in [0.25, 0.3) is 11.1 Å². The van der Waals surface area contributed by atoms with Gasteiger partial charge in [-0.05, 0) is 84.3 Å². The van der Waals surface area contributed by atoms with E-state index in [0.29, 0.717) is 49.0 Å². The van der Waals surface area contributed by atoms with Crippen molar-refractivity contribution in [1.82, 2.24) is 9.80 Å². The Hall–Kier alpha value is -3.93. The molecule has 2 heterocycles. The number of amides is 1. The van der Waals surface area contributed by atoms with Gasteiger partial charge in [-0.25, -0.2) is 4.79 Å². The summed E-state index contributed by atoms with van der Waals surface area (Å²) in [5, 5.41) is 9.40. The number of likely N-dealkylation sites (tertiary alicyclic amines) is 2. The maximum Gasteiger partial charge on any atom is 0.416 e. The maximum atomic E-state index is 14.7. The average molecular weight is 695 g/mol. The summed E-state index contributed by atoms with van der Waals surface area (Å²) in [4.78, 5) is 30.5. The van der Waals surface area contributed by atoms with Crippen LogP contribution in [0.2, 0.25) is 0 Å². The molecule has 0 unspecified atom stereocenters. The van der Waals surface area contributed by atoms with Crippen molar-refractivity contribution in [2.75, 3.05) is 54.1 Å². The number of carbonyl (C=O) groups excluding carboxylic acids is 1. The minimum atomic E-state index is -4.56. The minimum Gasteiger partial charge on any atom is -0.497 e. The second-order valence-corrected chi connectivity index (χ2v) is 13.9. The summed E-state index contributed by atoms with van der Waals surface area (Å²) in [6.07, 6.45) is -0.283. The van der Waals surface area contributed by atoms with E-state index < -0.39 is 17.7 Å². The number of hydrogen-bond donors (Lipinski definition) is 1. The molecule has 2 aliphatic heterocycles. The normalized spacial score (nSPS) is 25.9. The molecule has 0 spiro atoms. The van der Waals surface area contributed by atoms with Gasteiger partial charge in [0, 0.05) is 64.2 Å². The predicted molar refractivity (Wildman–Crippen MR) is 182 cm³/mol. The Morgan fingerprint density at radius 2 is 1.54 bits per heavy atom. The smallest absolute Gasteiger partial charge is 0.416 e. The molecule has 0 radical (unpaired) electrons. The summed E-state index contributed by atoms with van der Waals surface area (Å²) in [7, 11) is 4.98. The zero-order valence-electron chi connectivity index (χ0n) is 28.7. The van der Waals surface area contributed by atoms with E-state index in [1.807, 2.05) is 29.2 Å². The lowest BCUT2D eigenvalue weighted by molar-refractivity contribution is -0.137. The molecular weight excluding hydrogens is 649 g/mol. The van der Waals surface area contributed by atoms with Crippen LogP contribution < -0.4 is 4.74 Å². The minimum absolute atomic E-state index is 0.0251. The first-order chi connectivity index (χ1) is 24.0. The van der Waals surface area contributed by atoms with Crippen LogP contribution >= 0.6 is 0 Å². The molecule has 4 atom stereocenters. The quantitative estimate of drug-likeness (QED) is 0.246. The van der Waals surface area contributed by atoms with Crippen molar-refractivity contribution in [3.05, 3.63) is 89.0 Å². The summed E-state index contributed by atoms with van der Waals surface area (Å²) in [6.45, 7) is 2.48. The second-order valence-electron chi connectivity index (χ2n) is 13.9. The van der Waals surface area contributed by atoms with Crippen molar-refractivity contribution in [2.24, 2.45) is 11.8 Å². The van der Waals surface area contributed by atoms with Gasteiger partial charge >= 0.3 is 12.1 Å². The molecule has 2 saturated heterocycles. The van der Waals surface area contributed by atoms with Crippen molar-refractivity contribution in [2.45, 2.75) is 55.8 Å². The fraction of sp³-hybridized carbons (Fsp3) is 0.487. The van der Waals surface area contributed by atoms with Crippen LogP contribution in [0.1, 0.15) is 64.6 Å². The number of carboxylic acids is 1. The van der Waals surface area contributed by atoms with Crippen molar-refractivity contribution in [3.8, 4) is 16.9 Å². The van der Waals surface area contributed by atoms with Gasteiger partial charge < -0.3 is 24.2 Å². The molecule has 1 saturated carbocycles. The number of halogens is 3. The lowest BCUT2D eigenvalue weighted by Gasteiger charge is -2.34. The molecule has 3 aromatic carbocycles. The van der Waals surface area contributed by atoms with Gasteiger partial charge in [0.2, 0.25) is 5.91 Å². The van der Waals surface area contributed by atoms with E-state index in [0.717, 1.165) is 55.7 Å². The van der Waals surface area contributed by atoms with Crippen molar-refractivity contribution < 1.29 is 42.1 Å². The Balaban J connectivity index is 1.31. The zero-order chi connectivity index (χ0) is 35.6. The monoisotopic (exact) mass is 694 g/mol. The molecule has 1 amide bonds. The third kappa shape index (κ3) is 7.55. The molecule has 268 valence electrons. The largest absolute Gasteiger partial charge is 0.497 e. The van der Waals surface area contributed by atoms with Crippen LogP contribution in [0.3, 0.4) is 0 Å². The summed E-state index contributed by atoms with van der Waals surface area (Å²) in [6, 6.07) is 17.9. The van der Waals surface area contributed by atoms with Gasteiger partial charge in [-0.1, -0.05) is 30.3 Å². The SMILES string of the molecule is COC[C@H]1CN(C(=O)[C@@H]2CN([C@H]3CC[C@H](OC)CC3)C[C@H]2c2ccc(OC)cc2)C[C@@H]1c1ccc(C(F)(F)F)cc1-c1ccc(C(=O)O)cc1. The van der Waals surface area contributed by atoms with Gasteiger partial charge in [0.05, 0.1) is 36.9 Å². The number of aromatic carboxylic acids is 1. The molecular formula is C39H45F3N2O6. The van der Waals surface area contributed by atoms with E-state index in [1.54, 1.807) is 21.3 Å². The first-order valence-corrected chi connectivity index (χ1v) is 17.2. The molecule has 3 aromatic rings. The summed E-state index contributed by atoms with van der Waals surface area (Å²) in [5.41, 5.74) is 1.85. The van der Waals surface area contributed by atoms with Gasteiger partial charge in [-0.3, -0.25) is 9.69 Å². The first kappa shape index (κ1) is 35.9. The topological polar surface area (TPSA) is 88.5 Å². The fourth-order valence-electron chi connectivity index (χ4n) is 8.34. The second kappa shape index (κ2) is 15.1. The molecule has 3 fully saturated rings. The summed E-state index contributed by atoms with van der Waals surface area (Å²) >= 11 is 0. The molecule has 50 heavy (non-hydrogen) atoms. The maximum absolute atomic E-state index is 14.7. The highest BCUT2D eigenvalue weighted by Crippen LogP contribution is 2.44. The van der Waals surface area contributed by atoms with Gasteiger partial charge in [-0.2, -0.15) is 13.2 Å².